The number of fused-ring (bicyclic) bond motifs is 1. The zero-order chi connectivity index (χ0) is 20.1. The van der Waals surface area contributed by atoms with Gasteiger partial charge in [-0.1, -0.05) is 66.4 Å². The first-order chi connectivity index (χ1) is 14.2. The molecule has 1 heterocycles. The first-order valence-electron chi connectivity index (χ1n) is 9.29. The third-order valence-corrected chi connectivity index (χ3v) is 5.49. The Morgan fingerprint density at radius 1 is 1.00 bits per heavy atom. The average Bonchev–Trinajstić information content (AvgIpc) is 3.11. The Kier molecular flexibility index (Phi) is 5.81. The number of para-hydroxylation sites is 4. The molecule has 0 radical (unpaired) electrons. The zero-order valence-electron chi connectivity index (χ0n) is 16.0. The monoisotopic (exact) mass is 403 g/mol. The van der Waals surface area contributed by atoms with E-state index >= 15 is 0 Å². The van der Waals surface area contributed by atoms with Gasteiger partial charge < -0.3 is 14.6 Å². The van der Waals surface area contributed by atoms with Crippen molar-refractivity contribution >= 4 is 34.4 Å². The number of carbonyl (C=O) groups excluding carboxylic acids is 1. The molecule has 0 aliphatic rings. The van der Waals surface area contributed by atoms with Crippen LogP contribution in [0.5, 0.6) is 5.75 Å². The van der Waals surface area contributed by atoms with E-state index in [9.17, 15) is 4.79 Å². The smallest absolute Gasteiger partial charge is 0.234 e. The molecule has 0 unspecified atom stereocenters. The Morgan fingerprint density at radius 2 is 1.72 bits per heavy atom. The third-order valence-electron chi connectivity index (χ3n) is 4.52. The topological polar surface area (TPSA) is 56.1 Å². The molecule has 0 aliphatic carbocycles. The summed E-state index contributed by atoms with van der Waals surface area (Å²) in [5.41, 5.74) is 3.84. The van der Waals surface area contributed by atoms with Crippen molar-refractivity contribution in [3.05, 3.63) is 84.4 Å². The standard InChI is InChI=1S/C23H21N3O2S/c1-28-21-14-8-6-12-19(21)24-22(27)16-29-23-25-18-11-5-7-13-20(18)26(23)15-17-9-3-2-4-10-17/h2-14H,15-16H2,1H3,(H,24,27). The van der Waals surface area contributed by atoms with Crippen molar-refractivity contribution in [3.63, 3.8) is 0 Å². The minimum atomic E-state index is -0.0992. The van der Waals surface area contributed by atoms with Crippen molar-refractivity contribution < 1.29 is 9.53 Å². The van der Waals surface area contributed by atoms with Gasteiger partial charge in [-0.15, -0.1) is 0 Å². The molecule has 5 nitrogen and oxygen atoms in total. The van der Waals surface area contributed by atoms with E-state index in [-0.39, 0.29) is 11.7 Å². The molecule has 4 aromatic rings. The molecule has 0 fully saturated rings. The number of amides is 1. The molecule has 6 heteroatoms. The predicted octanol–water partition coefficient (Wildman–Crippen LogP) is 4.82. The van der Waals surface area contributed by atoms with Crippen LogP contribution in [0.1, 0.15) is 5.56 Å². The van der Waals surface area contributed by atoms with Gasteiger partial charge in [0.25, 0.3) is 0 Å². The first-order valence-corrected chi connectivity index (χ1v) is 10.3. The maximum absolute atomic E-state index is 12.5. The van der Waals surface area contributed by atoms with Crippen LogP contribution < -0.4 is 10.1 Å². The Hall–Kier alpha value is -3.25. The van der Waals surface area contributed by atoms with Crippen LogP contribution in [0.2, 0.25) is 0 Å². The van der Waals surface area contributed by atoms with Gasteiger partial charge in [-0.2, -0.15) is 0 Å². The van der Waals surface area contributed by atoms with Gasteiger partial charge in [0.05, 0.1) is 36.1 Å². The molecule has 3 aromatic carbocycles. The number of methoxy groups -OCH3 is 1. The highest BCUT2D eigenvalue weighted by Crippen LogP contribution is 2.27. The van der Waals surface area contributed by atoms with E-state index in [0.29, 0.717) is 18.0 Å². The van der Waals surface area contributed by atoms with Crippen LogP contribution in [-0.2, 0) is 11.3 Å². The second-order valence-electron chi connectivity index (χ2n) is 6.49. The minimum absolute atomic E-state index is 0.0992. The summed E-state index contributed by atoms with van der Waals surface area (Å²) in [5.74, 6) is 0.802. The van der Waals surface area contributed by atoms with Crippen molar-refractivity contribution in [2.24, 2.45) is 0 Å². The molecular formula is C23H21N3O2S. The van der Waals surface area contributed by atoms with Crippen LogP contribution in [0.15, 0.2) is 84.0 Å². The average molecular weight is 404 g/mol. The molecule has 1 aromatic heterocycles. The fourth-order valence-corrected chi connectivity index (χ4v) is 3.96. The largest absolute Gasteiger partial charge is 0.495 e. The minimum Gasteiger partial charge on any atom is -0.495 e. The summed E-state index contributed by atoms with van der Waals surface area (Å²) in [6.45, 7) is 0.706. The highest BCUT2D eigenvalue weighted by Gasteiger charge is 2.14. The maximum atomic E-state index is 12.5. The molecule has 1 amide bonds. The van der Waals surface area contributed by atoms with Gasteiger partial charge in [0, 0.05) is 0 Å². The van der Waals surface area contributed by atoms with Crippen LogP contribution in [0.4, 0.5) is 5.69 Å². The summed E-state index contributed by atoms with van der Waals surface area (Å²) < 4.78 is 7.45. The molecule has 1 N–H and O–H groups in total. The number of nitrogens with one attached hydrogen (secondary N) is 1. The lowest BCUT2D eigenvalue weighted by molar-refractivity contribution is -0.113. The number of rotatable bonds is 7. The van der Waals surface area contributed by atoms with E-state index < -0.39 is 0 Å². The lowest BCUT2D eigenvalue weighted by atomic mass is 10.2. The summed E-state index contributed by atoms with van der Waals surface area (Å²) in [6.07, 6.45) is 0. The van der Waals surface area contributed by atoms with Crippen LogP contribution in [-0.4, -0.2) is 28.3 Å². The second kappa shape index (κ2) is 8.84. The molecule has 29 heavy (non-hydrogen) atoms. The van der Waals surface area contributed by atoms with Crippen molar-refractivity contribution in [1.82, 2.24) is 9.55 Å². The number of hydrogen-bond donors (Lipinski definition) is 1. The number of thioether (sulfide) groups is 1. The quantitative estimate of drug-likeness (QED) is 0.449. The fraction of sp³-hybridized carbons (Fsp3) is 0.130. The van der Waals surface area contributed by atoms with Gasteiger partial charge in [-0.25, -0.2) is 4.98 Å². The van der Waals surface area contributed by atoms with E-state index in [2.05, 4.69) is 28.1 Å². The molecule has 0 aliphatic heterocycles. The number of benzene rings is 3. The van der Waals surface area contributed by atoms with Crippen molar-refractivity contribution in [2.45, 2.75) is 11.7 Å². The Bertz CT molecular complexity index is 1130. The number of aromatic nitrogens is 2. The van der Waals surface area contributed by atoms with Crippen molar-refractivity contribution in [1.29, 1.82) is 0 Å². The summed E-state index contributed by atoms with van der Waals surface area (Å²) in [7, 11) is 1.59. The number of imidazole rings is 1. The molecular weight excluding hydrogens is 382 g/mol. The van der Waals surface area contributed by atoms with Gasteiger partial charge in [-0.05, 0) is 29.8 Å². The van der Waals surface area contributed by atoms with Gasteiger partial charge in [-0.3, -0.25) is 4.79 Å². The molecule has 0 saturated carbocycles. The number of hydrogen-bond acceptors (Lipinski definition) is 4. The van der Waals surface area contributed by atoms with Crippen molar-refractivity contribution in [2.75, 3.05) is 18.2 Å². The number of carbonyl (C=O) groups is 1. The maximum Gasteiger partial charge on any atom is 0.234 e. The highest BCUT2D eigenvalue weighted by molar-refractivity contribution is 7.99. The molecule has 0 atom stereocenters. The molecule has 146 valence electrons. The van der Waals surface area contributed by atoms with Gasteiger partial charge in [0.15, 0.2) is 5.16 Å². The van der Waals surface area contributed by atoms with Crippen molar-refractivity contribution in [3.8, 4) is 5.75 Å². The number of nitrogens with zero attached hydrogens (tertiary/aromatic N) is 2. The molecule has 4 rings (SSSR count). The summed E-state index contributed by atoms with van der Waals surface area (Å²) in [5, 5.41) is 3.74. The summed E-state index contributed by atoms with van der Waals surface area (Å²) in [6, 6.07) is 25.7. The predicted molar refractivity (Wildman–Crippen MR) is 118 cm³/mol. The first kappa shape index (κ1) is 19.1. The van der Waals surface area contributed by atoms with Gasteiger partial charge >= 0.3 is 0 Å². The Balaban J connectivity index is 1.53. The summed E-state index contributed by atoms with van der Waals surface area (Å²) in [4.78, 5) is 17.3. The van der Waals surface area contributed by atoms with E-state index in [1.807, 2.05) is 60.7 Å². The molecule has 0 spiro atoms. The summed E-state index contributed by atoms with van der Waals surface area (Å²) >= 11 is 1.43. The Labute approximate surface area is 173 Å². The fourth-order valence-electron chi connectivity index (χ4n) is 3.15. The number of ether oxygens (including phenoxy) is 1. The normalized spacial score (nSPS) is 10.8. The molecule has 0 saturated heterocycles. The van der Waals surface area contributed by atoms with Crippen LogP contribution in [0.3, 0.4) is 0 Å². The third kappa shape index (κ3) is 4.43. The van der Waals surface area contributed by atoms with Crippen LogP contribution in [0.25, 0.3) is 11.0 Å². The Morgan fingerprint density at radius 3 is 2.55 bits per heavy atom. The van der Waals surface area contributed by atoms with E-state index in [1.54, 1.807) is 7.11 Å². The second-order valence-corrected chi connectivity index (χ2v) is 7.43. The zero-order valence-corrected chi connectivity index (χ0v) is 16.9. The van der Waals surface area contributed by atoms with Gasteiger partial charge in [0.2, 0.25) is 5.91 Å². The molecule has 0 bridgehead atoms. The SMILES string of the molecule is COc1ccccc1NC(=O)CSc1nc2ccccc2n1Cc1ccccc1. The van der Waals surface area contributed by atoms with Crippen LogP contribution >= 0.6 is 11.8 Å². The van der Waals surface area contributed by atoms with E-state index in [0.717, 1.165) is 16.2 Å². The van der Waals surface area contributed by atoms with E-state index in [1.165, 1.54) is 17.3 Å². The van der Waals surface area contributed by atoms with E-state index in [4.69, 9.17) is 9.72 Å². The van der Waals surface area contributed by atoms with Gasteiger partial charge in [0.1, 0.15) is 5.75 Å². The van der Waals surface area contributed by atoms with Crippen LogP contribution in [0, 0.1) is 0 Å². The number of anilines is 1. The lowest BCUT2D eigenvalue weighted by Crippen LogP contribution is -2.15. The highest BCUT2D eigenvalue weighted by atomic mass is 32.2. The lowest BCUT2D eigenvalue weighted by Gasteiger charge is -2.11.